The minimum Gasteiger partial charge on any atom is -0.508 e. The molecule has 0 aliphatic rings. The molecule has 1 heterocycles. The van der Waals surface area contributed by atoms with Gasteiger partial charge in [-0.25, -0.2) is 0 Å². The highest BCUT2D eigenvalue weighted by Crippen LogP contribution is 2.30. The number of thiophene rings is 1. The summed E-state index contributed by atoms with van der Waals surface area (Å²) in [5.74, 6) is 0.235. The van der Waals surface area contributed by atoms with Crippen LogP contribution in [0.5, 0.6) is 5.75 Å². The summed E-state index contributed by atoms with van der Waals surface area (Å²) in [6, 6.07) is 6.92. The predicted octanol–water partition coefficient (Wildman–Crippen LogP) is 3.69. The van der Waals surface area contributed by atoms with Crippen LogP contribution >= 0.6 is 39.7 Å². The molecule has 5 heteroatoms. The zero-order chi connectivity index (χ0) is 10.8. The minimum atomic E-state index is -0.197. The van der Waals surface area contributed by atoms with Gasteiger partial charge < -0.3 is 10.8 Å². The predicted molar refractivity (Wildman–Crippen MR) is 73.4 cm³/mol. The Hall–Kier alpha value is -0.550. The number of nitrogens with two attached hydrogens (primary N) is 1. The molecule has 86 valence electrons. The van der Waals surface area contributed by atoms with Crippen molar-refractivity contribution in [1.82, 2.24) is 0 Å². The van der Waals surface area contributed by atoms with E-state index >= 15 is 0 Å². The quantitative estimate of drug-likeness (QED) is 0.886. The van der Waals surface area contributed by atoms with Crippen LogP contribution in [0.15, 0.2) is 39.5 Å². The molecule has 0 aliphatic carbocycles. The van der Waals surface area contributed by atoms with Gasteiger partial charge in [-0.2, -0.15) is 11.3 Å². The van der Waals surface area contributed by atoms with Crippen LogP contribution in [0, 0.1) is 0 Å². The lowest BCUT2D eigenvalue weighted by Crippen LogP contribution is -2.11. The van der Waals surface area contributed by atoms with Crippen LogP contribution in [0.4, 0.5) is 0 Å². The second-order valence-electron chi connectivity index (χ2n) is 3.24. The van der Waals surface area contributed by atoms with Gasteiger partial charge in [-0.05, 0) is 46.2 Å². The summed E-state index contributed by atoms with van der Waals surface area (Å²) in [7, 11) is 0. The average molecular weight is 321 g/mol. The standard InChI is InChI=1S/C11H10BrNOS.ClH/c12-10-2-1-8(14)5-9(10)11(13)7-3-4-15-6-7;/h1-6,11,14H,13H2;1H/t11-;/m1./s1. The van der Waals surface area contributed by atoms with E-state index in [4.69, 9.17) is 5.73 Å². The third-order valence-corrected chi connectivity index (χ3v) is 3.64. The molecule has 0 spiro atoms. The third-order valence-electron chi connectivity index (χ3n) is 2.22. The molecule has 16 heavy (non-hydrogen) atoms. The maximum atomic E-state index is 9.41. The number of rotatable bonds is 2. The number of halogens is 2. The summed E-state index contributed by atoms with van der Waals surface area (Å²) >= 11 is 5.04. The Bertz CT molecular complexity index is 461. The molecule has 0 saturated carbocycles. The van der Waals surface area contributed by atoms with Gasteiger partial charge in [0.2, 0.25) is 0 Å². The summed E-state index contributed by atoms with van der Waals surface area (Å²) in [6.07, 6.45) is 0. The van der Waals surface area contributed by atoms with Crippen LogP contribution in [-0.4, -0.2) is 5.11 Å². The average Bonchev–Trinajstić information content (AvgIpc) is 2.74. The highest BCUT2D eigenvalue weighted by Gasteiger charge is 2.13. The summed E-state index contributed by atoms with van der Waals surface area (Å²) in [6.45, 7) is 0. The molecular weight excluding hydrogens is 310 g/mol. The third kappa shape index (κ3) is 2.77. The van der Waals surface area contributed by atoms with Crippen molar-refractivity contribution in [3.05, 3.63) is 50.6 Å². The molecule has 0 unspecified atom stereocenters. The molecule has 0 radical (unpaired) electrons. The van der Waals surface area contributed by atoms with Gasteiger partial charge in [0.15, 0.2) is 0 Å². The Morgan fingerprint density at radius 3 is 2.69 bits per heavy atom. The van der Waals surface area contributed by atoms with E-state index in [0.717, 1.165) is 15.6 Å². The van der Waals surface area contributed by atoms with Gasteiger partial charge >= 0.3 is 0 Å². The van der Waals surface area contributed by atoms with E-state index in [-0.39, 0.29) is 24.2 Å². The zero-order valence-electron chi connectivity index (χ0n) is 8.26. The van der Waals surface area contributed by atoms with Crippen LogP contribution in [-0.2, 0) is 0 Å². The lowest BCUT2D eigenvalue weighted by molar-refractivity contribution is 0.474. The maximum Gasteiger partial charge on any atom is 0.116 e. The van der Waals surface area contributed by atoms with Gasteiger partial charge in [0, 0.05) is 4.47 Å². The van der Waals surface area contributed by atoms with E-state index in [1.165, 1.54) is 0 Å². The van der Waals surface area contributed by atoms with E-state index in [0.29, 0.717) is 0 Å². The molecule has 0 saturated heterocycles. The first kappa shape index (κ1) is 13.5. The molecule has 0 aliphatic heterocycles. The van der Waals surface area contributed by atoms with E-state index in [1.807, 2.05) is 16.8 Å². The Morgan fingerprint density at radius 2 is 2.06 bits per heavy atom. The molecule has 2 rings (SSSR count). The van der Waals surface area contributed by atoms with Gasteiger partial charge in [0.25, 0.3) is 0 Å². The van der Waals surface area contributed by atoms with Gasteiger partial charge in [-0.3, -0.25) is 0 Å². The molecule has 1 aromatic carbocycles. The van der Waals surface area contributed by atoms with Crippen molar-refractivity contribution in [3.63, 3.8) is 0 Å². The van der Waals surface area contributed by atoms with Crippen molar-refractivity contribution < 1.29 is 5.11 Å². The molecule has 1 aromatic heterocycles. The van der Waals surface area contributed by atoms with Crippen molar-refractivity contribution in [2.45, 2.75) is 6.04 Å². The SMILES string of the molecule is Cl.N[C@H](c1ccsc1)c1cc(O)ccc1Br. The fraction of sp³-hybridized carbons (Fsp3) is 0.0909. The smallest absolute Gasteiger partial charge is 0.116 e. The zero-order valence-corrected chi connectivity index (χ0v) is 11.5. The molecule has 2 nitrogen and oxygen atoms in total. The maximum absolute atomic E-state index is 9.41. The fourth-order valence-electron chi connectivity index (χ4n) is 1.40. The van der Waals surface area contributed by atoms with E-state index < -0.39 is 0 Å². The van der Waals surface area contributed by atoms with Gasteiger partial charge in [-0.1, -0.05) is 15.9 Å². The van der Waals surface area contributed by atoms with Crippen LogP contribution in [0.3, 0.4) is 0 Å². The largest absolute Gasteiger partial charge is 0.508 e. The number of aromatic hydroxyl groups is 1. The van der Waals surface area contributed by atoms with Gasteiger partial charge in [0.1, 0.15) is 5.75 Å². The van der Waals surface area contributed by atoms with Gasteiger partial charge in [0.05, 0.1) is 6.04 Å². The van der Waals surface area contributed by atoms with Gasteiger partial charge in [-0.15, -0.1) is 12.4 Å². The summed E-state index contributed by atoms with van der Waals surface area (Å²) in [5.41, 5.74) is 8.05. The number of hydrogen-bond acceptors (Lipinski definition) is 3. The highest BCUT2D eigenvalue weighted by molar-refractivity contribution is 9.10. The van der Waals surface area contributed by atoms with Crippen LogP contribution < -0.4 is 5.73 Å². The lowest BCUT2D eigenvalue weighted by atomic mass is 10.0. The molecule has 2 aromatic rings. The molecule has 3 N–H and O–H groups in total. The molecule has 0 fully saturated rings. The number of benzene rings is 1. The Morgan fingerprint density at radius 1 is 1.31 bits per heavy atom. The van der Waals surface area contributed by atoms with E-state index in [9.17, 15) is 5.11 Å². The second-order valence-corrected chi connectivity index (χ2v) is 4.87. The summed E-state index contributed by atoms with van der Waals surface area (Å²) in [4.78, 5) is 0. The van der Waals surface area contributed by atoms with Crippen molar-refractivity contribution >= 4 is 39.7 Å². The van der Waals surface area contributed by atoms with Crippen LogP contribution in [0.2, 0.25) is 0 Å². The topological polar surface area (TPSA) is 46.2 Å². The molecular formula is C11H11BrClNOS. The van der Waals surface area contributed by atoms with E-state index in [1.54, 1.807) is 29.5 Å². The summed E-state index contributed by atoms with van der Waals surface area (Å²) < 4.78 is 0.916. The first-order valence-corrected chi connectivity index (χ1v) is 6.18. The van der Waals surface area contributed by atoms with Crippen molar-refractivity contribution in [1.29, 1.82) is 0 Å². The molecule has 1 atom stereocenters. The highest BCUT2D eigenvalue weighted by atomic mass is 79.9. The Kier molecular flexibility index (Phi) is 4.80. The normalized spacial score (nSPS) is 11.9. The minimum absolute atomic E-state index is 0. The number of phenols is 1. The number of phenolic OH excluding ortho intramolecular Hbond substituents is 1. The van der Waals surface area contributed by atoms with Crippen LogP contribution in [0.1, 0.15) is 17.2 Å². The lowest BCUT2D eigenvalue weighted by Gasteiger charge is -2.12. The monoisotopic (exact) mass is 319 g/mol. The Labute approximate surface area is 113 Å². The van der Waals surface area contributed by atoms with Crippen LogP contribution in [0.25, 0.3) is 0 Å². The molecule has 0 bridgehead atoms. The second kappa shape index (κ2) is 5.68. The summed E-state index contributed by atoms with van der Waals surface area (Å²) in [5, 5.41) is 13.4. The van der Waals surface area contributed by atoms with Crippen molar-refractivity contribution in [2.24, 2.45) is 5.73 Å². The van der Waals surface area contributed by atoms with Crippen molar-refractivity contribution in [2.75, 3.05) is 0 Å². The van der Waals surface area contributed by atoms with E-state index in [2.05, 4.69) is 15.9 Å². The fourth-order valence-corrected chi connectivity index (χ4v) is 2.59. The van der Waals surface area contributed by atoms with Crippen molar-refractivity contribution in [3.8, 4) is 5.75 Å². The first-order valence-electron chi connectivity index (χ1n) is 4.44. The Balaban J connectivity index is 0.00000128. The first-order chi connectivity index (χ1) is 7.18. The number of hydrogen-bond donors (Lipinski definition) is 2. The molecule has 0 amide bonds.